The summed E-state index contributed by atoms with van der Waals surface area (Å²) in [6.45, 7) is 5.89. The van der Waals surface area contributed by atoms with Gasteiger partial charge in [-0.3, -0.25) is 0 Å². The monoisotopic (exact) mass is 206 g/mol. The van der Waals surface area contributed by atoms with Crippen molar-refractivity contribution in [3.63, 3.8) is 0 Å². The van der Waals surface area contributed by atoms with Gasteiger partial charge in [0.15, 0.2) is 6.10 Å². The zero-order valence-corrected chi connectivity index (χ0v) is 9.48. The highest BCUT2D eigenvalue weighted by atomic mass is 32.2. The number of methoxy groups -OCH3 is 1. The fraction of sp³-hybridized carbons (Fsp3) is 0.889. The number of rotatable bonds is 6. The van der Waals surface area contributed by atoms with Crippen LogP contribution < -0.4 is 0 Å². The molecule has 0 radical (unpaired) electrons. The van der Waals surface area contributed by atoms with Crippen LogP contribution in [0, 0.1) is 5.41 Å². The number of aliphatic carboxylic acids is 1. The highest BCUT2D eigenvalue weighted by Crippen LogP contribution is 2.27. The van der Waals surface area contributed by atoms with Crippen LogP contribution in [-0.2, 0) is 9.53 Å². The van der Waals surface area contributed by atoms with Gasteiger partial charge in [0.05, 0.1) is 0 Å². The van der Waals surface area contributed by atoms with Crippen LogP contribution in [0.1, 0.15) is 20.8 Å². The maximum atomic E-state index is 10.8. The van der Waals surface area contributed by atoms with Crippen LogP contribution >= 0.6 is 11.8 Å². The molecule has 0 saturated carbocycles. The average molecular weight is 206 g/mol. The van der Waals surface area contributed by atoms with E-state index in [9.17, 15) is 4.79 Å². The SMILES string of the molecule is CCSCC(C)(C)C(OC)C(=O)O. The predicted molar refractivity (Wildman–Crippen MR) is 55.2 cm³/mol. The summed E-state index contributed by atoms with van der Waals surface area (Å²) in [6, 6.07) is 0. The molecule has 0 aliphatic carbocycles. The van der Waals surface area contributed by atoms with Crippen molar-refractivity contribution in [3.05, 3.63) is 0 Å². The number of carboxylic acid groups (broad SMARTS) is 1. The first-order valence-corrected chi connectivity index (χ1v) is 5.44. The molecule has 13 heavy (non-hydrogen) atoms. The van der Waals surface area contributed by atoms with Crippen LogP contribution in [0.3, 0.4) is 0 Å². The fourth-order valence-corrected chi connectivity index (χ4v) is 2.08. The molecule has 0 aromatic rings. The van der Waals surface area contributed by atoms with Crippen LogP contribution in [0.2, 0.25) is 0 Å². The summed E-state index contributed by atoms with van der Waals surface area (Å²) in [6.07, 6.45) is -0.716. The molecule has 78 valence electrons. The van der Waals surface area contributed by atoms with Gasteiger partial charge in [-0.1, -0.05) is 20.8 Å². The van der Waals surface area contributed by atoms with Gasteiger partial charge in [0, 0.05) is 18.3 Å². The number of hydrogen-bond donors (Lipinski definition) is 1. The van der Waals surface area contributed by atoms with Gasteiger partial charge in [-0.25, -0.2) is 4.79 Å². The molecular formula is C9H18O3S. The van der Waals surface area contributed by atoms with Crippen molar-refractivity contribution in [3.8, 4) is 0 Å². The third kappa shape index (κ3) is 4.00. The molecule has 0 saturated heterocycles. The van der Waals surface area contributed by atoms with Crippen LogP contribution in [0.15, 0.2) is 0 Å². The predicted octanol–water partition coefficient (Wildman–Crippen LogP) is 1.87. The van der Waals surface area contributed by atoms with Crippen molar-refractivity contribution in [2.45, 2.75) is 26.9 Å². The van der Waals surface area contributed by atoms with E-state index in [0.29, 0.717) is 0 Å². The first kappa shape index (κ1) is 12.8. The minimum absolute atomic E-state index is 0.318. The standard InChI is InChI=1S/C9H18O3S/c1-5-13-6-9(2,3)7(12-4)8(10)11/h7H,5-6H2,1-4H3,(H,10,11). The summed E-state index contributed by atoms with van der Waals surface area (Å²) in [7, 11) is 1.44. The second-order valence-corrected chi connectivity index (χ2v) is 4.85. The average Bonchev–Trinajstić information content (AvgIpc) is 2.01. The Labute approximate surface area is 83.9 Å². The number of hydrogen-bond acceptors (Lipinski definition) is 3. The van der Waals surface area contributed by atoms with E-state index < -0.39 is 12.1 Å². The van der Waals surface area contributed by atoms with Gasteiger partial charge in [0.1, 0.15) is 0 Å². The second-order valence-electron chi connectivity index (χ2n) is 3.58. The minimum atomic E-state index is -0.885. The molecule has 0 fully saturated rings. The van der Waals surface area contributed by atoms with Gasteiger partial charge in [0.25, 0.3) is 0 Å². The van der Waals surface area contributed by atoms with Crippen molar-refractivity contribution in [1.82, 2.24) is 0 Å². The Morgan fingerprint density at radius 3 is 2.46 bits per heavy atom. The Balaban J connectivity index is 4.28. The molecular weight excluding hydrogens is 188 g/mol. The van der Waals surface area contributed by atoms with E-state index in [0.717, 1.165) is 11.5 Å². The Kier molecular flexibility index (Phi) is 5.40. The Morgan fingerprint density at radius 1 is 1.62 bits per heavy atom. The van der Waals surface area contributed by atoms with Crippen LogP contribution in [0.4, 0.5) is 0 Å². The highest BCUT2D eigenvalue weighted by Gasteiger charge is 2.35. The molecule has 0 aromatic carbocycles. The van der Waals surface area contributed by atoms with E-state index in [1.807, 2.05) is 13.8 Å². The number of ether oxygens (including phenoxy) is 1. The molecule has 0 aromatic heterocycles. The van der Waals surface area contributed by atoms with E-state index >= 15 is 0 Å². The molecule has 1 unspecified atom stereocenters. The number of thioether (sulfide) groups is 1. The smallest absolute Gasteiger partial charge is 0.333 e. The number of carboxylic acids is 1. The molecule has 0 aliphatic heterocycles. The van der Waals surface area contributed by atoms with Gasteiger partial charge >= 0.3 is 5.97 Å². The summed E-state index contributed by atoms with van der Waals surface area (Å²) in [5, 5.41) is 8.87. The topological polar surface area (TPSA) is 46.5 Å². The molecule has 0 heterocycles. The van der Waals surface area contributed by atoms with E-state index in [1.54, 1.807) is 11.8 Å². The van der Waals surface area contributed by atoms with E-state index in [1.165, 1.54) is 7.11 Å². The lowest BCUT2D eigenvalue weighted by Gasteiger charge is -2.29. The summed E-state index contributed by atoms with van der Waals surface area (Å²) in [5.41, 5.74) is -0.318. The van der Waals surface area contributed by atoms with Crippen LogP contribution in [-0.4, -0.2) is 35.8 Å². The zero-order valence-electron chi connectivity index (χ0n) is 8.66. The molecule has 0 rings (SSSR count). The maximum absolute atomic E-state index is 10.8. The lowest BCUT2D eigenvalue weighted by molar-refractivity contribution is -0.154. The Hall–Kier alpha value is -0.220. The van der Waals surface area contributed by atoms with Crippen LogP contribution in [0.25, 0.3) is 0 Å². The van der Waals surface area contributed by atoms with E-state index in [-0.39, 0.29) is 5.41 Å². The van der Waals surface area contributed by atoms with Gasteiger partial charge < -0.3 is 9.84 Å². The first-order chi connectivity index (χ1) is 5.95. The molecule has 0 aliphatic rings. The number of carbonyl (C=O) groups is 1. The Morgan fingerprint density at radius 2 is 2.15 bits per heavy atom. The van der Waals surface area contributed by atoms with Gasteiger partial charge in [-0.15, -0.1) is 0 Å². The quantitative estimate of drug-likeness (QED) is 0.720. The summed E-state index contributed by atoms with van der Waals surface area (Å²) < 4.78 is 4.96. The van der Waals surface area contributed by atoms with E-state index in [2.05, 4.69) is 6.92 Å². The van der Waals surface area contributed by atoms with Crippen LogP contribution in [0.5, 0.6) is 0 Å². The zero-order chi connectivity index (χ0) is 10.5. The summed E-state index contributed by atoms with van der Waals surface area (Å²) in [5.74, 6) is 0.914. The van der Waals surface area contributed by atoms with Gasteiger partial charge in [-0.05, 0) is 5.75 Å². The minimum Gasteiger partial charge on any atom is -0.479 e. The first-order valence-electron chi connectivity index (χ1n) is 4.29. The second kappa shape index (κ2) is 5.50. The molecule has 4 heteroatoms. The Bertz CT molecular complexity index is 168. The third-order valence-corrected chi connectivity index (χ3v) is 3.20. The van der Waals surface area contributed by atoms with Crippen molar-refractivity contribution in [2.24, 2.45) is 5.41 Å². The maximum Gasteiger partial charge on any atom is 0.333 e. The molecule has 3 nitrogen and oxygen atoms in total. The van der Waals surface area contributed by atoms with Gasteiger partial charge in [-0.2, -0.15) is 11.8 Å². The van der Waals surface area contributed by atoms with Crippen molar-refractivity contribution in [2.75, 3.05) is 18.6 Å². The normalized spacial score (nSPS) is 14.2. The summed E-state index contributed by atoms with van der Waals surface area (Å²) in [4.78, 5) is 10.8. The third-order valence-electron chi connectivity index (χ3n) is 1.85. The summed E-state index contributed by atoms with van der Waals surface area (Å²) >= 11 is 1.73. The lowest BCUT2D eigenvalue weighted by Crippen LogP contribution is -2.39. The lowest BCUT2D eigenvalue weighted by atomic mass is 9.89. The molecule has 0 bridgehead atoms. The van der Waals surface area contributed by atoms with Crippen molar-refractivity contribution >= 4 is 17.7 Å². The molecule has 0 spiro atoms. The molecule has 0 amide bonds. The van der Waals surface area contributed by atoms with Gasteiger partial charge in [0.2, 0.25) is 0 Å². The fourth-order valence-electron chi connectivity index (χ4n) is 1.19. The molecule has 1 atom stereocenters. The highest BCUT2D eigenvalue weighted by molar-refractivity contribution is 7.99. The van der Waals surface area contributed by atoms with E-state index in [4.69, 9.17) is 9.84 Å². The molecule has 1 N–H and O–H groups in total. The van der Waals surface area contributed by atoms with Crippen molar-refractivity contribution < 1.29 is 14.6 Å². The van der Waals surface area contributed by atoms with Crippen molar-refractivity contribution in [1.29, 1.82) is 0 Å². The largest absolute Gasteiger partial charge is 0.479 e.